The molecule has 2 nitrogen and oxygen atoms in total. The summed E-state index contributed by atoms with van der Waals surface area (Å²) in [5.74, 6) is 0. The Bertz CT molecular complexity index is 229. The molecule has 0 spiro atoms. The van der Waals surface area contributed by atoms with Gasteiger partial charge in [0.25, 0.3) is 0 Å². The molecule has 0 aromatic carbocycles. The van der Waals surface area contributed by atoms with E-state index < -0.39 is 0 Å². The largest absolute Gasteiger partial charge is 0.243 e. The summed E-state index contributed by atoms with van der Waals surface area (Å²) in [5, 5.41) is 5.15. The number of nitrogens with zero attached hydrogens (tertiary/aromatic N) is 2. The highest BCUT2D eigenvalue weighted by Gasteiger charge is 1.93. The standard InChI is InChI=1S/C10H14N2.C2H6/c1-6-12(11-5)10(4)8-7-9(2)3;1-2/h6-8H,1-2,4-5H2,3H3;1-2H3/b8-7-;. The van der Waals surface area contributed by atoms with Gasteiger partial charge in [-0.15, -0.1) is 0 Å². The molecule has 0 aliphatic rings. The highest BCUT2D eigenvalue weighted by atomic mass is 15.4. The lowest BCUT2D eigenvalue weighted by atomic mass is 10.3. The van der Waals surface area contributed by atoms with Crippen molar-refractivity contribution in [2.75, 3.05) is 0 Å². The van der Waals surface area contributed by atoms with Gasteiger partial charge in [-0.25, -0.2) is 5.01 Å². The van der Waals surface area contributed by atoms with Crippen LogP contribution in [0.25, 0.3) is 0 Å². The Labute approximate surface area is 87.6 Å². The Kier molecular flexibility index (Phi) is 10.1. The summed E-state index contributed by atoms with van der Waals surface area (Å²) in [4.78, 5) is 0. The molecule has 0 rings (SSSR count). The van der Waals surface area contributed by atoms with E-state index in [-0.39, 0.29) is 0 Å². The Morgan fingerprint density at radius 2 is 1.71 bits per heavy atom. The first-order valence-corrected chi connectivity index (χ1v) is 4.52. The molecule has 0 fully saturated rings. The number of hydrogen-bond acceptors (Lipinski definition) is 2. The summed E-state index contributed by atoms with van der Waals surface area (Å²) in [7, 11) is 0. The van der Waals surface area contributed by atoms with Gasteiger partial charge in [-0.1, -0.05) is 45.2 Å². The quantitative estimate of drug-likeness (QED) is 0.368. The fraction of sp³-hybridized carbons (Fsp3) is 0.250. The lowest BCUT2D eigenvalue weighted by molar-refractivity contribution is 0.523. The van der Waals surface area contributed by atoms with Crippen LogP contribution in [-0.4, -0.2) is 11.7 Å². The van der Waals surface area contributed by atoms with Crippen molar-refractivity contribution in [2.45, 2.75) is 20.8 Å². The summed E-state index contributed by atoms with van der Waals surface area (Å²) in [5.41, 5.74) is 1.67. The van der Waals surface area contributed by atoms with Crippen LogP contribution in [-0.2, 0) is 0 Å². The van der Waals surface area contributed by atoms with E-state index in [0.717, 1.165) is 5.57 Å². The minimum Gasteiger partial charge on any atom is -0.243 e. The minimum atomic E-state index is 0.711. The van der Waals surface area contributed by atoms with Crippen LogP contribution in [0.3, 0.4) is 0 Å². The van der Waals surface area contributed by atoms with E-state index in [1.807, 2.05) is 26.8 Å². The normalized spacial score (nSPS) is 8.50. The molecule has 0 radical (unpaired) electrons. The van der Waals surface area contributed by atoms with Crippen LogP contribution in [0.2, 0.25) is 0 Å². The van der Waals surface area contributed by atoms with Crippen molar-refractivity contribution in [3.63, 3.8) is 0 Å². The summed E-state index contributed by atoms with van der Waals surface area (Å²) in [6, 6.07) is 0. The number of rotatable bonds is 5. The van der Waals surface area contributed by atoms with Crippen molar-refractivity contribution in [1.82, 2.24) is 5.01 Å². The Morgan fingerprint density at radius 3 is 2.00 bits per heavy atom. The van der Waals surface area contributed by atoms with E-state index in [1.165, 1.54) is 11.2 Å². The van der Waals surface area contributed by atoms with Crippen LogP contribution in [0.1, 0.15) is 20.8 Å². The molecule has 2 heteroatoms. The number of allylic oxidation sites excluding steroid dienone is 3. The second kappa shape index (κ2) is 9.52. The molecule has 0 atom stereocenters. The first-order valence-electron chi connectivity index (χ1n) is 4.52. The molecule has 0 N–H and O–H groups in total. The third kappa shape index (κ3) is 7.10. The second-order valence-corrected chi connectivity index (χ2v) is 2.34. The van der Waals surface area contributed by atoms with Crippen molar-refractivity contribution in [3.05, 3.63) is 49.4 Å². The van der Waals surface area contributed by atoms with Crippen molar-refractivity contribution >= 4 is 6.72 Å². The van der Waals surface area contributed by atoms with Crippen molar-refractivity contribution in [1.29, 1.82) is 0 Å². The summed E-state index contributed by atoms with van der Waals surface area (Å²) in [6.45, 7) is 20.3. The molecule has 78 valence electrons. The molecule has 0 amide bonds. The fourth-order valence-corrected chi connectivity index (χ4v) is 0.581. The molecular weight excluding hydrogens is 172 g/mol. The average Bonchev–Trinajstić information content (AvgIpc) is 2.19. The van der Waals surface area contributed by atoms with Crippen LogP contribution in [0.15, 0.2) is 54.5 Å². The molecule has 0 saturated heterocycles. The molecule has 0 unspecified atom stereocenters. The molecule has 14 heavy (non-hydrogen) atoms. The third-order valence-corrected chi connectivity index (χ3v) is 1.18. The van der Waals surface area contributed by atoms with Crippen LogP contribution in [0.5, 0.6) is 0 Å². The summed E-state index contributed by atoms with van der Waals surface area (Å²) in [6.07, 6.45) is 5.20. The maximum atomic E-state index is 3.76. The van der Waals surface area contributed by atoms with Gasteiger partial charge in [0.05, 0.1) is 5.70 Å². The zero-order valence-electron chi connectivity index (χ0n) is 9.45. The molecule has 0 aliphatic carbocycles. The molecule has 0 bridgehead atoms. The predicted octanol–water partition coefficient (Wildman–Crippen LogP) is 3.72. The minimum absolute atomic E-state index is 0.711. The first kappa shape index (κ1) is 14.9. The topological polar surface area (TPSA) is 15.6 Å². The van der Waals surface area contributed by atoms with Crippen molar-refractivity contribution in [3.8, 4) is 0 Å². The van der Waals surface area contributed by atoms with Crippen molar-refractivity contribution in [2.24, 2.45) is 5.10 Å². The highest BCUT2D eigenvalue weighted by molar-refractivity contribution is 5.27. The lowest BCUT2D eigenvalue weighted by Gasteiger charge is -2.11. The van der Waals surface area contributed by atoms with Gasteiger partial charge >= 0.3 is 0 Å². The van der Waals surface area contributed by atoms with Crippen molar-refractivity contribution < 1.29 is 0 Å². The highest BCUT2D eigenvalue weighted by Crippen LogP contribution is 2.04. The maximum absolute atomic E-state index is 3.76. The van der Waals surface area contributed by atoms with E-state index in [4.69, 9.17) is 0 Å². The fourth-order valence-electron chi connectivity index (χ4n) is 0.581. The van der Waals surface area contributed by atoms with E-state index in [9.17, 15) is 0 Å². The molecule has 0 saturated carbocycles. The van der Waals surface area contributed by atoms with Gasteiger partial charge in [0.15, 0.2) is 0 Å². The zero-order chi connectivity index (χ0) is 11.6. The first-order chi connectivity index (χ1) is 6.61. The van der Waals surface area contributed by atoms with E-state index in [1.54, 1.807) is 6.08 Å². The monoisotopic (exact) mass is 192 g/mol. The van der Waals surface area contributed by atoms with E-state index in [2.05, 4.69) is 31.6 Å². The summed E-state index contributed by atoms with van der Waals surface area (Å²) >= 11 is 0. The smallest absolute Gasteiger partial charge is 0.0573 e. The van der Waals surface area contributed by atoms with Gasteiger partial charge in [-0.3, -0.25) is 0 Å². The van der Waals surface area contributed by atoms with Crippen LogP contribution in [0, 0.1) is 0 Å². The van der Waals surface area contributed by atoms with Crippen LogP contribution in [0.4, 0.5) is 0 Å². The molecule has 0 aromatic rings. The molecular formula is C12H20N2. The Balaban J connectivity index is 0. The van der Waals surface area contributed by atoms with E-state index >= 15 is 0 Å². The number of hydrazone groups is 1. The molecule has 0 aliphatic heterocycles. The van der Waals surface area contributed by atoms with Gasteiger partial charge in [0, 0.05) is 12.9 Å². The van der Waals surface area contributed by atoms with Gasteiger partial charge in [0.2, 0.25) is 0 Å². The average molecular weight is 192 g/mol. The second-order valence-electron chi connectivity index (χ2n) is 2.34. The van der Waals surface area contributed by atoms with Crippen LogP contribution >= 0.6 is 0 Å². The van der Waals surface area contributed by atoms with Gasteiger partial charge in [0.1, 0.15) is 0 Å². The van der Waals surface area contributed by atoms with E-state index in [0.29, 0.717) is 5.70 Å². The van der Waals surface area contributed by atoms with Gasteiger partial charge < -0.3 is 0 Å². The SMILES string of the molecule is C=CN(N=C)C(=C)/C=C\C(=C)C.CC. The molecule has 0 aromatic heterocycles. The zero-order valence-corrected chi connectivity index (χ0v) is 9.45. The summed E-state index contributed by atoms with van der Waals surface area (Å²) < 4.78 is 0. The lowest BCUT2D eigenvalue weighted by Crippen LogP contribution is -2.04. The van der Waals surface area contributed by atoms with Crippen LogP contribution < -0.4 is 0 Å². The Morgan fingerprint density at radius 1 is 1.21 bits per heavy atom. The maximum Gasteiger partial charge on any atom is 0.0573 e. The molecule has 0 heterocycles. The Hall–Kier alpha value is -1.57. The van der Waals surface area contributed by atoms with Gasteiger partial charge in [-0.05, 0) is 13.0 Å². The van der Waals surface area contributed by atoms with Gasteiger partial charge in [-0.2, -0.15) is 5.10 Å². The number of hydrogen-bond donors (Lipinski definition) is 0. The third-order valence-electron chi connectivity index (χ3n) is 1.18. The predicted molar refractivity (Wildman–Crippen MR) is 66.0 cm³/mol.